The van der Waals surface area contributed by atoms with Gasteiger partial charge >= 0.3 is 0 Å². The van der Waals surface area contributed by atoms with Crippen LogP contribution in [0.3, 0.4) is 0 Å². The second-order valence-electron chi connectivity index (χ2n) is 7.85. The Morgan fingerprint density at radius 1 is 0.862 bits per heavy atom. The first-order valence-corrected chi connectivity index (χ1v) is 12.0. The second kappa shape index (κ2) is 11.3. The SMILES string of the molecule is CC(=O)CCCCCCCCCNS(=O)(=O)c1cccc2c(N(C)C)cccc12. The standard InChI is InChI=1S/C23H34N2O3S/c1-19(26)13-9-7-5-4-6-8-10-18-24-29(27,28)23-17-12-14-20-21(23)15-11-16-22(20)25(2)3/h11-12,14-17,24H,4-10,13,18H2,1-3H3. The number of nitrogens with one attached hydrogen (secondary N) is 1. The highest BCUT2D eigenvalue weighted by Crippen LogP contribution is 2.30. The first-order valence-electron chi connectivity index (χ1n) is 10.5. The van der Waals surface area contributed by atoms with E-state index in [9.17, 15) is 13.2 Å². The Hall–Kier alpha value is -1.92. The van der Waals surface area contributed by atoms with Gasteiger partial charge in [-0.25, -0.2) is 13.1 Å². The molecular weight excluding hydrogens is 384 g/mol. The zero-order chi connectivity index (χ0) is 21.3. The van der Waals surface area contributed by atoms with Gasteiger partial charge in [-0.1, -0.05) is 56.4 Å². The fourth-order valence-electron chi connectivity index (χ4n) is 3.56. The molecule has 0 radical (unpaired) electrons. The van der Waals surface area contributed by atoms with Gasteiger partial charge in [0.25, 0.3) is 0 Å². The number of anilines is 1. The van der Waals surface area contributed by atoms with Crippen molar-refractivity contribution in [1.29, 1.82) is 0 Å². The van der Waals surface area contributed by atoms with Gasteiger partial charge in [-0.3, -0.25) is 0 Å². The van der Waals surface area contributed by atoms with E-state index in [1.165, 1.54) is 0 Å². The lowest BCUT2D eigenvalue weighted by Gasteiger charge is -2.17. The third kappa shape index (κ3) is 7.12. The molecule has 160 valence electrons. The van der Waals surface area contributed by atoms with Crippen molar-refractivity contribution in [3.63, 3.8) is 0 Å². The lowest BCUT2D eigenvalue weighted by atomic mass is 10.1. The molecular formula is C23H34N2O3S. The second-order valence-corrected chi connectivity index (χ2v) is 9.58. The molecule has 2 rings (SSSR count). The molecule has 0 bridgehead atoms. The summed E-state index contributed by atoms with van der Waals surface area (Å²) >= 11 is 0. The molecule has 0 amide bonds. The molecule has 1 N–H and O–H groups in total. The van der Waals surface area contributed by atoms with Gasteiger partial charge in [0.2, 0.25) is 10.0 Å². The molecule has 0 heterocycles. The van der Waals surface area contributed by atoms with Crippen molar-refractivity contribution in [2.45, 2.75) is 63.2 Å². The van der Waals surface area contributed by atoms with E-state index in [2.05, 4.69) is 4.72 Å². The summed E-state index contributed by atoms with van der Waals surface area (Å²) in [5.41, 5.74) is 1.00. The van der Waals surface area contributed by atoms with Crippen molar-refractivity contribution in [2.75, 3.05) is 25.5 Å². The molecule has 0 aliphatic rings. The minimum atomic E-state index is -3.54. The summed E-state index contributed by atoms with van der Waals surface area (Å²) in [5, 5.41) is 1.68. The van der Waals surface area contributed by atoms with Crippen molar-refractivity contribution in [3.05, 3.63) is 36.4 Å². The minimum absolute atomic E-state index is 0.265. The van der Waals surface area contributed by atoms with Crippen LogP contribution in [0.5, 0.6) is 0 Å². The van der Waals surface area contributed by atoms with Crippen LogP contribution in [-0.2, 0) is 14.8 Å². The maximum atomic E-state index is 12.8. The van der Waals surface area contributed by atoms with Gasteiger partial charge in [0.05, 0.1) is 4.90 Å². The quantitative estimate of drug-likeness (QED) is 0.470. The summed E-state index contributed by atoms with van der Waals surface area (Å²) in [6, 6.07) is 11.2. The van der Waals surface area contributed by atoms with E-state index in [4.69, 9.17) is 0 Å². The number of unbranched alkanes of at least 4 members (excludes halogenated alkanes) is 6. The molecule has 2 aromatic rings. The van der Waals surface area contributed by atoms with Crippen LogP contribution in [0, 0.1) is 0 Å². The van der Waals surface area contributed by atoms with E-state index in [0.717, 1.165) is 61.4 Å². The fourth-order valence-corrected chi connectivity index (χ4v) is 4.85. The highest BCUT2D eigenvalue weighted by molar-refractivity contribution is 7.89. The van der Waals surface area contributed by atoms with Gasteiger partial charge in [-0.2, -0.15) is 0 Å². The lowest BCUT2D eigenvalue weighted by molar-refractivity contribution is -0.117. The maximum absolute atomic E-state index is 12.8. The Balaban J connectivity index is 1.83. The molecule has 0 saturated heterocycles. The molecule has 0 spiro atoms. The van der Waals surface area contributed by atoms with E-state index in [1.54, 1.807) is 19.1 Å². The summed E-state index contributed by atoms with van der Waals surface area (Å²) in [4.78, 5) is 13.2. The Bertz CT molecular complexity index is 907. The zero-order valence-corrected chi connectivity index (χ0v) is 18.7. The van der Waals surface area contributed by atoms with Gasteiger partial charge < -0.3 is 9.69 Å². The molecule has 0 atom stereocenters. The largest absolute Gasteiger partial charge is 0.377 e. The van der Waals surface area contributed by atoms with Gasteiger partial charge in [-0.15, -0.1) is 0 Å². The average Bonchev–Trinajstić information content (AvgIpc) is 2.68. The van der Waals surface area contributed by atoms with Crippen LogP contribution in [0.4, 0.5) is 5.69 Å². The van der Waals surface area contributed by atoms with Crippen LogP contribution in [0.25, 0.3) is 10.8 Å². The Morgan fingerprint density at radius 3 is 2.10 bits per heavy atom. The maximum Gasteiger partial charge on any atom is 0.241 e. The van der Waals surface area contributed by atoms with Gasteiger partial charge in [0.15, 0.2) is 0 Å². The van der Waals surface area contributed by atoms with Crippen molar-refractivity contribution < 1.29 is 13.2 Å². The predicted octanol–water partition coefficient (Wildman–Crippen LogP) is 4.89. The number of Topliss-reactive ketones (excluding diaryl/α,β-unsaturated/α-hetero) is 1. The highest BCUT2D eigenvalue weighted by atomic mass is 32.2. The van der Waals surface area contributed by atoms with Crippen molar-refractivity contribution in [1.82, 2.24) is 4.72 Å². The van der Waals surface area contributed by atoms with E-state index in [0.29, 0.717) is 17.9 Å². The van der Waals surface area contributed by atoms with Gasteiger partial charge in [-0.05, 0) is 31.9 Å². The predicted molar refractivity (Wildman–Crippen MR) is 121 cm³/mol. The summed E-state index contributed by atoms with van der Waals surface area (Å²) in [7, 11) is 0.369. The summed E-state index contributed by atoms with van der Waals surface area (Å²) in [6.07, 6.45) is 7.99. The molecule has 0 aromatic heterocycles. The van der Waals surface area contributed by atoms with Crippen molar-refractivity contribution >= 4 is 32.3 Å². The molecule has 0 saturated carbocycles. The summed E-state index contributed by atoms with van der Waals surface area (Å²) in [5.74, 6) is 0.265. The van der Waals surface area contributed by atoms with Crippen LogP contribution >= 0.6 is 0 Å². The lowest BCUT2D eigenvalue weighted by Crippen LogP contribution is -2.25. The summed E-state index contributed by atoms with van der Waals surface area (Å²) in [6.45, 7) is 2.09. The molecule has 0 aliphatic carbocycles. The Morgan fingerprint density at radius 2 is 1.45 bits per heavy atom. The monoisotopic (exact) mass is 418 g/mol. The number of sulfonamides is 1. The average molecular weight is 419 g/mol. The van der Waals surface area contributed by atoms with E-state index < -0.39 is 10.0 Å². The van der Waals surface area contributed by atoms with Crippen LogP contribution < -0.4 is 9.62 Å². The zero-order valence-electron chi connectivity index (χ0n) is 17.9. The number of rotatable bonds is 13. The minimum Gasteiger partial charge on any atom is -0.377 e. The molecule has 0 aliphatic heterocycles. The third-order valence-corrected chi connectivity index (χ3v) is 6.65. The van der Waals surface area contributed by atoms with Crippen LogP contribution in [0.2, 0.25) is 0 Å². The highest BCUT2D eigenvalue weighted by Gasteiger charge is 2.17. The Labute approximate surface area is 175 Å². The molecule has 2 aromatic carbocycles. The van der Waals surface area contributed by atoms with Crippen molar-refractivity contribution in [2.24, 2.45) is 0 Å². The molecule has 29 heavy (non-hydrogen) atoms. The molecule has 0 unspecified atom stereocenters. The Kier molecular flexibility index (Phi) is 9.11. The first kappa shape index (κ1) is 23.4. The van der Waals surface area contributed by atoms with Crippen LogP contribution in [-0.4, -0.2) is 34.8 Å². The number of hydrogen-bond acceptors (Lipinski definition) is 4. The van der Waals surface area contributed by atoms with Crippen LogP contribution in [0.15, 0.2) is 41.3 Å². The third-order valence-electron chi connectivity index (χ3n) is 5.13. The number of hydrogen-bond donors (Lipinski definition) is 1. The number of fused-ring (bicyclic) bond motifs is 1. The van der Waals surface area contributed by atoms with Gasteiger partial charge in [0.1, 0.15) is 5.78 Å². The van der Waals surface area contributed by atoms with E-state index in [-0.39, 0.29) is 5.78 Å². The number of ketones is 1. The normalized spacial score (nSPS) is 11.7. The van der Waals surface area contributed by atoms with Gasteiger partial charge in [0, 0.05) is 43.5 Å². The van der Waals surface area contributed by atoms with E-state index >= 15 is 0 Å². The molecule has 6 heteroatoms. The smallest absolute Gasteiger partial charge is 0.241 e. The molecule has 5 nitrogen and oxygen atoms in total. The van der Waals surface area contributed by atoms with E-state index in [1.807, 2.05) is 43.3 Å². The number of carbonyl (C=O) groups is 1. The number of carbonyl (C=O) groups excluding carboxylic acids is 1. The first-order chi connectivity index (χ1) is 13.8. The number of nitrogens with zero attached hydrogens (tertiary/aromatic N) is 1. The molecule has 0 fully saturated rings. The van der Waals surface area contributed by atoms with Crippen LogP contribution in [0.1, 0.15) is 58.3 Å². The van der Waals surface area contributed by atoms with Crippen molar-refractivity contribution in [3.8, 4) is 0 Å². The number of benzene rings is 2. The topological polar surface area (TPSA) is 66.5 Å². The fraction of sp³-hybridized carbons (Fsp3) is 0.522. The summed E-state index contributed by atoms with van der Waals surface area (Å²) < 4.78 is 28.4.